The van der Waals surface area contributed by atoms with Crippen LogP contribution in [0.4, 0.5) is 0 Å². The Hall–Kier alpha value is -0.570. The van der Waals surface area contributed by atoms with Crippen LogP contribution >= 0.6 is 11.8 Å². The van der Waals surface area contributed by atoms with Gasteiger partial charge in [0.2, 0.25) is 0 Å². The lowest BCUT2D eigenvalue weighted by molar-refractivity contribution is 1.03. The molecule has 0 radical (unpaired) electrons. The molecule has 10 heavy (non-hydrogen) atoms. The van der Waals surface area contributed by atoms with Crippen LogP contribution in [0.2, 0.25) is 0 Å². The Morgan fingerprint density at radius 2 is 2.30 bits per heavy atom. The maximum Gasteiger partial charge on any atom is 0.116 e. The zero-order valence-electron chi connectivity index (χ0n) is 6.11. The minimum absolute atomic E-state index is 0.592. The van der Waals surface area contributed by atoms with Gasteiger partial charge in [0.1, 0.15) is 6.33 Å². The second-order valence-electron chi connectivity index (χ2n) is 2.21. The highest BCUT2D eigenvalue weighted by atomic mass is 32.2. The molecule has 0 N–H and O–H groups in total. The summed E-state index contributed by atoms with van der Waals surface area (Å²) < 4.78 is 0. The second kappa shape index (κ2) is 3.56. The number of thioether (sulfide) groups is 1. The fourth-order valence-corrected chi connectivity index (χ4v) is 1.32. The second-order valence-corrected chi connectivity index (χ2v) is 3.81. The molecule has 0 saturated heterocycles. The minimum atomic E-state index is 0.592. The van der Waals surface area contributed by atoms with Gasteiger partial charge in [-0.15, -0.1) is 11.8 Å². The van der Waals surface area contributed by atoms with Crippen LogP contribution in [-0.4, -0.2) is 15.2 Å². The van der Waals surface area contributed by atoms with Crippen LogP contribution in [0.5, 0.6) is 0 Å². The molecule has 0 aliphatic carbocycles. The van der Waals surface area contributed by atoms with E-state index in [1.807, 2.05) is 6.07 Å². The van der Waals surface area contributed by atoms with Crippen molar-refractivity contribution in [3.8, 4) is 0 Å². The molecule has 3 heteroatoms. The normalized spacial score (nSPS) is 10.3. The summed E-state index contributed by atoms with van der Waals surface area (Å²) in [6.45, 7) is 4.29. The van der Waals surface area contributed by atoms with Crippen LogP contribution in [0.15, 0.2) is 23.6 Å². The number of hydrogen-bond acceptors (Lipinski definition) is 3. The van der Waals surface area contributed by atoms with Crippen molar-refractivity contribution >= 4 is 11.8 Å². The van der Waals surface area contributed by atoms with Crippen LogP contribution in [0.3, 0.4) is 0 Å². The molecular weight excluding hydrogens is 144 g/mol. The Morgan fingerprint density at radius 1 is 1.50 bits per heavy atom. The average Bonchev–Trinajstić information content (AvgIpc) is 1.88. The zero-order chi connectivity index (χ0) is 7.40. The van der Waals surface area contributed by atoms with Gasteiger partial charge < -0.3 is 0 Å². The summed E-state index contributed by atoms with van der Waals surface area (Å²) >= 11 is 1.75. The Labute approximate surface area is 65.1 Å². The first-order valence-corrected chi connectivity index (χ1v) is 4.09. The van der Waals surface area contributed by atoms with E-state index >= 15 is 0 Å². The predicted octanol–water partition coefficient (Wildman–Crippen LogP) is 1.98. The summed E-state index contributed by atoms with van der Waals surface area (Å²) in [5.41, 5.74) is 0. The van der Waals surface area contributed by atoms with Gasteiger partial charge in [0.05, 0.1) is 5.03 Å². The van der Waals surface area contributed by atoms with E-state index in [-0.39, 0.29) is 0 Å². The summed E-state index contributed by atoms with van der Waals surface area (Å²) in [5.74, 6) is 0. The van der Waals surface area contributed by atoms with Crippen molar-refractivity contribution in [1.29, 1.82) is 0 Å². The van der Waals surface area contributed by atoms with Gasteiger partial charge in [0.15, 0.2) is 0 Å². The molecule has 1 aromatic heterocycles. The van der Waals surface area contributed by atoms with Crippen molar-refractivity contribution in [2.45, 2.75) is 24.1 Å². The fraction of sp³-hybridized carbons (Fsp3) is 0.429. The van der Waals surface area contributed by atoms with Crippen molar-refractivity contribution < 1.29 is 0 Å². The first kappa shape index (κ1) is 7.54. The molecule has 0 fully saturated rings. The Balaban J connectivity index is 2.59. The summed E-state index contributed by atoms with van der Waals surface area (Å²) in [6.07, 6.45) is 3.34. The SMILES string of the molecule is CC(C)Sc1ccncn1. The van der Waals surface area contributed by atoms with Crippen molar-refractivity contribution in [2.24, 2.45) is 0 Å². The van der Waals surface area contributed by atoms with Gasteiger partial charge in [0.25, 0.3) is 0 Å². The highest BCUT2D eigenvalue weighted by molar-refractivity contribution is 7.99. The maximum atomic E-state index is 4.07. The monoisotopic (exact) mass is 154 g/mol. The van der Waals surface area contributed by atoms with Gasteiger partial charge in [-0.25, -0.2) is 9.97 Å². The molecule has 54 valence electrons. The molecule has 1 rings (SSSR count). The molecule has 2 nitrogen and oxygen atoms in total. The molecule has 0 bridgehead atoms. The number of rotatable bonds is 2. The van der Waals surface area contributed by atoms with Crippen LogP contribution in [0.25, 0.3) is 0 Å². The summed E-state index contributed by atoms with van der Waals surface area (Å²) in [6, 6.07) is 1.92. The zero-order valence-corrected chi connectivity index (χ0v) is 6.93. The first-order chi connectivity index (χ1) is 4.79. The average molecular weight is 154 g/mol. The predicted molar refractivity (Wildman–Crippen MR) is 43.0 cm³/mol. The third kappa shape index (κ3) is 2.35. The lowest BCUT2D eigenvalue weighted by atomic mass is 10.6. The lowest BCUT2D eigenvalue weighted by Gasteiger charge is -2.00. The molecule has 0 aliphatic rings. The topological polar surface area (TPSA) is 25.8 Å². The van der Waals surface area contributed by atoms with Crippen LogP contribution in [0, 0.1) is 0 Å². The van der Waals surface area contributed by atoms with E-state index in [1.54, 1.807) is 24.3 Å². The largest absolute Gasteiger partial charge is 0.245 e. The molecule has 1 aromatic rings. The Bertz CT molecular complexity index is 186. The van der Waals surface area contributed by atoms with Crippen LogP contribution in [-0.2, 0) is 0 Å². The van der Waals surface area contributed by atoms with Crippen molar-refractivity contribution in [1.82, 2.24) is 9.97 Å². The van der Waals surface area contributed by atoms with E-state index in [1.165, 1.54) is 0 Å². The fourth-order valence-electron chi connectivity index (χ4n) is 0.590. The molecular formula is C7H10N2S. The highest BCUT2D eigenvalue weighted by Gasteiger charge is 1.96. The van der Waals surface area contributed by atoms with E-state index in [0.29, 0.717) is 5.25 Å². The molecule has 0 spiro atoms. The summed E-state index contributed by atoms with van der Waals surface area (Å²) in [7, 11) is 0. The smallest absolute Gasteiger partial charge is 0.116 e. The maximum absolute atomic E-state index is 4.07. The van der Waals surface area contributed by atoms with Gasteiger partial charge in [-0.1, -0.05) is 13.8 Å². The van der Waals surface area contributed by atoms with Gasteiger partial charge in [-0.2, -0.15) is 0 Å². The third-order valence-corrected chi connectivity index (χ3v) is 1.87. The highest BCUT2D eigenvalue weighted by Crippen LogP contribution is 2.18. The number of nitrogens with zero attached hydrogens (tertiary/aromatic N) is 2. The Morgan fingerprint density at radius 3 is 2.80 bits per heavy atom. The van der Waals surface area contributed by atoms with Crippen molar-refractivity contribution in [3.05, 3.63) is 18.6 Å². The number of hydrogen-bond donors (Lipinski definition) is 0. The lowest BCUT2D eigenvalue weighted by Crippen LogP contribution is -1.88. The van der Waals surface area contributed by atoms with Crippen LogP contribution < -0.4 is 0 Å². The van der Waals surface area contributed by atoms with E-state index in [2.05, 4.69) is 23.8 Å². The molecule has 0 aromatic carbocycles. The summed E-state index contributed by atoms with van der Waals surface area (Å²) in [4.78, 5) is 7.90. The standard InChI is InChI=1S/C7H10N2S/c1-6(2)10-7-3-4-8-5-9-7/h3-6H,1-2H3. The quantitative estimate of drug-likeness (QED) is 0.481. The van der Waals surface area contributed by atoms with E-state index in [4.69, 9.17) is 0 Å². The Kier molecular flexibility index (Phi) is 2.68. The molecule has 1 heterocycles. The van der Waals surface area contributed by atoms with E-state index in [0.717, 1.165) is 5.03 Å². The molecule has 0 unspecified atom stereocenters. The van der Waals surface area contributed by atoms with Crippen LogP contribution in [0.1, 0.15) is 13.8 Å². The number of aromatic nitrogens is 2. The van der Waals surface area contributed by atoms with Gasteiger partial charge in [-0.3, -0.25) is 0 Å². The molecule has 0 saturated carbocycles. The van der Waals surface area contributed by atoms with Gasteiger partial charge in [0, 0.05) is 11.4 Å². The molecule has 0 atom stereocenters. The van der Waals surface area contributed by atoms with Gasteiger partial charge >= 0.3 is 0 Å². The third-order valence-electron chi connectivity index (χ3n) is 0.911. The van der Waals surface area contributed by atoms with Crippen molar-refractivity contribution in [3.63, 3.8) is 0 Å². The van der Waals surface area contributed by atoms with Gasteiger partial charge in [-0.05, 0) is 6.07 Å². The van der Waals surface area contributed by atoms with E-state index in [9.17, 15) is 0 Å². The summed E-state index contributed by atoms with van der Waals surface area (Å²) in [5, 5.41) is 1.64. The van der Waals surface area contributed by atoms with E-state index < -0.39 is 0 Å². The van der Waals surface area contributed by atoms with Crippen molar-refractivity contribution in [2.75, 3.05) is 0 Å². The molecule has 0 aliphatic heterocycles. The first-order valence-electron chi connectivity index (χ1n) is 3.21. The minimum Gasteiger partial charge on any atom is -0.245 e. The molecule has 0 amide bonds.